The van der Waals surface area contributed by atoms with Crippen LogP contribution in [0.25, 0.3) is 27.4 Å². The van der Waals surface area contributed by atoms with Gasteiger partial charge in [0.05, 0.1) is 10.3 Å². The first-order valence-corrected chi connectivity index (χ1v) is 10.5. The molecule has 1 unspecified atom stereocenters. The van der Waals surface area contributed by atoms with E-state index in [1.54, 1.807) is 22.2 Å². The molecule has 150 valence electrons. The zero-order valence-corrected chi connectivity index (χ0v) is 17.3. The fraction of sp³-hybridized carbons (Fsp3) is 0.474. The predicted octanol–water partition coefficient (Wildman–Crippen LogP) is 4.18. The van der Waals surface area contributed by atoms with Crippen LogP contribution in [0.1, 0.15) is 44.1 Å². The molecule has 10 heteroatoms. The maximum absolute atomic E-state index is 11.2. The van der Waals surface area contributed by atoms with Gasteiger partial charge in [-0.15, -0.1) is 16.4 Å². The van der Waals surface area contributed by atoms with Gasteiger partial charge in [-0.25, -0.2) is 14.5 Å². The van der Waals surface area contributed by atoms with E-state index < -0.39 is 4.92 Å². The van der Waals surface area contributed by atoms with Crippen molar-refractivity contribution < 1.29 is 4.92 Å². The van der Waals surface area contributed by atoms with Crippen LogP contribution in [0.15, 0.2) is 12.5 Å². The summed E-state index contributed by atoms with van der Waals surface area (Å²) in [5.41, 5.74) is 2.39. The van der Waals surface area contributed by atoms with Gasteiger partial charge in [0.2, 0.25) is 5.82 Å². The molecule has 0 saturated heterocycles. The van der Waals surface area contributed by atoms with Crippen LogP contribution in [0.3, 0.4) is 0 Å². The molecule has 1 aliphatic carbocycles. The number of aryl methyl sites for hydroxylation is 1. The summed E-state index contributed by atoms with van der Waals surface area (Å²) < 4.78 is 1.61. The summed E-state index contributed by atoms with van der Waals surface area (Å²) in [7, 11) is 0. The number of aromatic nitrogens is 6. The van der Waals surface area contributed by atoms with Gasteiger partial charge < -0.3 is 0 Å². The van der Waals surface area contributed by atoms with Crippen molar-refractivity contribution in [2.45, 2.75) is 46.5 Å². The Labute approximate surface area is 170 Å². The van der Waals surface area contributed by atoms with Crippen molar-refractivity contribution >= 4 is 32.9 Å². The van der Waals surface area contributed by atoms with E-state index in [0.717, 1.165) is 35.9 Å². The first-order valence-electron chi connectivity index (χ1n) is 9.72. The Bertz CT molecular complexity index is 1250. The number of hydrogen-bond donors (Lipinski definition) is 1. The third kappa shape index (κ3) is 2.73. The molecule has 9 nitrogen and oxygen atoms in total. The average Bonchev–Trinajstić information content (AvgIpc) is 3.41. The Balaban J connectivity index is 1.64. The van der Waals surface area contributed by atoms with Gasteiger partial charge in [0, 0.05) is 4.88 Å². The van der Waals surface area contributed by atoms with Crippen LogP contribution in [0, 0.1) is 21.4 Å². The van der Waals surface area contributed by atoms with E-state index in [1.807, 2.05) is 0 Å². The minimum absolute atomic E-state index is 0.137. The first-order chi connectivity index (χ1) is 13.9. The molecule has 0 spiro atoms. The Kier molecular flexibility index (Phi) is 3.95. The number of hydrogen-bond acceptors (Lipinski definition) is 7. The molecule has 0 aliphatic heterocycles. The molecule has 29 heavy (non-hydrogen) atoms. The van der Waals surface area contributed by atoms with E-state index in [2.05, 4.69) is 46.0 Å². The van der Waals surface area contributed by atoms with Gasteiger partial charge in [0.15, 0.2) is 11.3 Å². The van der Waals surface area contributed by atoms with Gasteiger partial charge in [-0.05, 0) is 36.2 Å². The molecule has 4 aromatic heterocycles. The monoisotopic (exact) mass is 411 g/mol. The third-order valence-corrected chi connectivity index (χ3v) is 7.60. The Morgan fingerprint density at radius 1 is 1.45 bits per heavy atom. The molecule has 0 radical (unpaired) electrons. The van der Waals surface area contributed by atoms with Gasteiger partial charge in [-0.2, -0.15) is 5.10 Å². The lowest BCUT2D eigenvalue weighted by Crippen LogP contribution is -2.28. The quantitative estimate of drug-likeness (QED) is 0.398. The highest BCUT2D eigenvalue weighted by molar-refractivity contribution is 7.19. The molecule has 0 fully saturated rings. The molecule has 1 atom stereocenters. The number of rotatable bonds is 4. The number of nitrogens with one attached hydrogen (secondary N) is 1. The van der Waals surface area contributed by atoms with Crippen LogP contribution >= 0.6 is 11.3 Å². The predicted molar refractivity (Wildman–Crippen MR) is 110 cm³/mol. The van der Waals surface area contributed by atoms with Crippen LogP contribution in [0.4, 0.5) is 5.69 Å². The lowest BCUT2D eigenvalue weighted by Gasteiger charge is -2.36. The van der Waals surface area contributed by atoms with Crippen LogP contribution < -0.4 is 0 Å². The third-order valence-electron chi connectivity index (χ3n) is 6.44. The maximum Gasteiger partial charge on any atom is 0.318 e. The van der Waals surface area contributed by atoms with Crippen molar-refractivity contribution in [1.82, 2.24) is 29.8 Å². The molecular weight excluding hydrogens is 390 g/mol. The highest BCUT2D eigenvalue weighted by Gasteiger charge is 2.33. The second kappa shape index (κ2) is 6.31. The minimum atomic E-state index is -0.486. The SMILES string of the molecule is CCC(C)(C)C1CCc2c(sc3ncn4nc(-c5[nH]ncc5[N+](=O)[O-])nc4c23)C1. The van der Waals surface area contributed by atoms with Crippen molar-refractivity contribution in [2.24, 2.45) is 11.3 Å². The maximum atomic E-state index is 11.2. The minimum Gasteiger partial charge on any atom is -0.268 e. The highest BCUT2D eigenvalue weighted by Crippen LogP contribution is 2.45. The summed E-state index contributed by atoms with van der Waals surface area (Å²) in [6, 6.07) is 0. The van der Waals surface area contributed by atoms with Crippen molar-refractivity contribution in [2.75, 3.05) is 0 Å². The van der Waals surface area contributed by atoms with E-state index >= 15 is 0 Å². The second-order valence-electron chi connectivity index (χ2n) is 8.30. The van der Waals surface area contributed by atoms with Gasteiger partial charge >= 0.3 is 5.69 Å². The molecule has 1 aliphatic rings. The number of nitrogens with zero attached hydrogens (tertiary/aromatic N) is 6. The number of fused-ring (bicyclic) bond motifs is 5. The van der Waals surface area contributed by atoms with Crippen LogP contribution in [-0.4, -0.2) is 34.7 Å². The van der Waals surface area contributed by atoms with Gasteiger partial charge in [-0.3, -0.25) is 15.2 Å². The molecule has 5 rings (SSSR count). The number of aromatic amines is 1. The Morgan fingerprint density at radius 3 is 3.03 bits per heavy atom. The second-order valence-corrected chi connectivity index (χ2v) is 9.38. The summed E-state index contributed by atoms with van der Waals surface area (Å²) in [4.78, 5) is 22.3. The first kappa shape index (κ1) is 18.2. The summed E-state index contributed by atoms with van der Waals surface area (Å²) in [6.07, 6.45) is 7.18. The topological polar surface area (TPSA) is 115 Å². The molecule has 0 bridgehead atoms. The number of nitro groups is 1. The van der Waals surface area contributed by atoms with Crippen LogP contribution in [0.5, 0.6) is 0 Å². The van der Waals surface area contributed by atoms with Crippen LogP contribution in [0.2, 0.25) is 0 Å². The largest absolute Gasteiger partial charge is 0.318 e. The summed E-state index contributed by atoms with van der Waals surface area (Å²) in [5, 5.41) is 23.1. The zero-order valence-electron chi connectivity index (χ0n) is 16.5. The molecule has 4 heterocycles. The zero-order chi connectivity index (χ0) is 20.3. The molecular formula is C19H21N7O2S. The Hall–Kier alpha value is -2.88. The van der Waals surface area contributed by atoms with E-state index in [4.69, 9.17) is 0 Å². The Morgan fingerprint density at radius 2 is 2.28 bits per heavy atom. The number of H-pyrrole nitrogens is 1. The van der Waals surface area contributed by atoms with Crippen molar-refractivity contribution in [3.8, 4) is 11.5 Å². The van der Waals surface area contributed by atoms with Gasteiger partial charge in [0.25, 0.3) is 0 Å². The van der Waals surface area contributed by atoms with E-state index in [1.165, 1.54) is 16.6 Å². The van der Waals surface area contributed by atoms with Gasteiger partial charge in [-0.1, -0.05) is 27.2 Å². The normalized spacial score (nSPS) is 17.1. The molecule has 4 aromatic rings. The molecule has 1 N–H and O–H groups in total. The summed E-state index contributed by atoms with van der Waals surface area (Å²) in [6.45, 7) is 6.97. The number of thiophene rings is 1. The lowest BCUT2D eigenvalue weighted by molar-refractivity contribution is -0.384. The standard InChI is InChI=1S/C19H21N7O2S/c1-4-19(2,3)10-5-6-11-13(7-10)29-18-14(11)17-22-16(24-25(17)9-20-18)15-12(26(27)28)8-21-23-15/h8-10H,4-7H2,1-3H3,(H,21,23). The smallest absolute Gasteiger partial charge is 0.268 e. The van der Waals surface area contributed by atoms with Gasteiger partial charge in [0.1, 0.15) is 17.4 Å². The van der Waals surface area contributed by atoms with Crippen molar-refractivity contribution in [1.29, 1.82) is 0 Å². The summed E-state index contributed by atoms with van der Waals surface area (Å²) in [5.74, 6) is 0.911. The van der Waals surface area contributed by atoms with E-state index in [9.17, 15) is 10.1 Å². The average molecular weight is 411 g/mol. The van der Waals surface area contributed by atoms with Crippen molar-refractivity contribution in [3.05, 3.63) is 33.1 Å². The van der Waals surface area contributed by atoms with Crippen LogP contribution in [-0.2, 0) is 12.8 Å². The van der Waals surface area contributed by atoms with E-state index in [0.29, 0.717) is 17.0 Å². The molecule has 0 aromatic carbocycles. The van der Waals surface area contributed by atoms with Crippen molar-refractivity contribution in [3.63, 3.8) is 0 Å². The lowest BCUT2D eigenvalue weighted by atomic mass is 9.70. The summed E-state index contributed by atoms with van der Waals surface area (Å²) >= 11 is 1.74. The molecule has 0 amide bonds. The molecule has 0 saturated carbocycles. The fourth-order valence-electron chi connectivity index (χ4n) is 4.22. The highest BCUT2D eigenvalue weighted by atomic mass is 32.1. The van der Waals surface area contributed by atoms with E-state index in [-0.39, 0.29) is 17.2 Å². The fourth-order valence-corrected chi connectivity index (χ4v) is 5.48.